The van der Waals surface area contributed by atoms with Crippen LogP contribution in [0.5, 0.6) is 0 Å². The molecule has 0 bridgehead atoms. The van der Waals surface area contributed by atoms with Gasteiger partial charge < -0.3 is 4.90 Å². The largest absolute Gasteiger partial charge is 0.341 e. The smallest absolute Gasteiger partial charge is 0.235 e. The molecule has 1 aromatic heterocycles. The number of carbonyl (C=O) groups is 1. The van der Waals surface area contributed by atoms with E-state index in [2.05, 4.69) is 15.2 Å². The molecule has 2 heterocycles. The van der Waals surface area contributed by atoms with Crippen LogP contribution < -0.4 is 0 Å². The minimum atomic E-state index is -3.05. The number of H-pyrrole nitrogens is 1. The maximum atomic E-state index is 12.9. The van der Waals surface area contributed by atoms with Gasteiger partial charge in [0.2, 0.25) is 11.1 Å². The lowest BCUT2D eigenvalue weighted by molar-refractivity contribution is -0.130. The van der Waals surface area contributed by atoms with Gasteiger partial charge in [-0.25, -0.2) is 17.8 Å². The van der Waals surface area contributed by atoms with Crippen molar-refractivity contribution in [2.24, 2.45) is 0 Å². The van der Waals surface area contributed by atoms with Gasteiger partial charge in [-0.15, -0.1) is 5.10 Å². The number of benzene rings is 1. The average molecular weight is 425 g/mol. The first-order valence-corrected chi connectivity index (χ1v) is 11.4. The Labute approximate surface area is 167 Å². The van der Waals surface area contributed by atoms with E-state index in [1.54, 1.807) is 38.3 Å². The molecule has 1 aromatic carbocycles. The number of carbonyl (C=O) groups excluding carboxylic acids is 1. The molecular formula is C18H21FN4O3S2. The number of nitrogens with one attached hydrogen (secondary N) is 1. The predicted molar refractivity (Wildman–Crippen MR) is 107 cm³/mol. The van der Waals surface area contributed by atoms with E-state index >= 15 is 0 Å². The summed E-state index contributed by atoms with van der Waals surface area (Å²) in [5.41, 5.74) is 0.823. The van der Waals surface area contributed by atoms with Crippen LogP contribution in [-0.4, -0.2) is 64.3 Å². The fourth-order valence-electron chi connectivity index (χ4n) is 2.89. The van der Waals surface area contributed by atoms with E-state index in [1.165, 1.54) is 28.8 Å². The lowest BCUT2D eigenvalue weighted by atomic mass is 10.2. The molecule has 0 radical (unpaired) electrons. The highest BCUT2D eigenvalue weighted by molar-refractivity contribution is 8.00. The van der Waals surface area contributed by atoms with E-state index in [4.69, 9.17) is 0 Å². The summed E-state index contributed by atoms with van der Waals surface area (Å²) in [5.74, 6) is 0.212. The zero-order chi connectivity index (χ0) is 20.3. The molecule has 1 aliphatic rings. The molecule has 1 N–H and O–H groups in total. The minimum Gasteiger partial charge on any atom is -0.341 e. The second kappa shape index (κ2) is 8.44. The molecule has 2 unspecified atom stereocenters. The number of thioether (sulfide) groups is 1. The Kier molecular flexibility index (Phi) is 6.19. The maximum Gasteiger partial charge on any atom is 0.235 e. The fraction of sp³-hybridized carbons (Fsp3) is 0.389. The van der Waals surface area contributed by atoms with Crippen LogP contribution in [0.1, 0.15) is 24.7 Å². The Morgan fingerprint density at radius 2 is 2.07 bits per heavy atom. The molecule has 1 aliphatic heterocycles. The summed E-state index contributed by atoms with van der Waals surface area (Å²) < 4.78 is 36.2. The van der Waals surface area contributed by atoms with Gasteiger partial charge >= 0.3 is 0 Å². The third-order valence-electron chi connectivity index (χ3n) is 4.52. The van der Waals surface area contributed by atoms with Crippen LogP contribution in [0.3, 0.4) is 0 Å². The van der Waals surface area contributed by atoms with Crippen molar-refractivity contribution >= 4 is 39.7 Å². The zero-order valence-corrected chi connectivity index (χ0v) is 17.1. The van der Waals surface area contributed by atoms with E-state index in [0.717, 1.165) is 5.56 Å². The summed E-state index contributed by atoms with van der Waals surface area (Å²) in [7, 11) is -1.41. The van der Waals surface area contributed by atoms with Crippen molar-refractivity contribution in [2.45, 2.75) is 29.8 Å². The number of nitrogens with zero attached hydrogens (tertiary/aromatic N) is 3. The third-order valence-corrected chi connectivity index (χ3v) is 7.22. The van der Waals surface area contributed by atoms with Crippen molar-refractivity contribution in [1.29, 1.82) is 0 Å². The number of aromatic nitrogens is 3. The Bertz CT molecular complexity index is 973. The average Bonchev–Trinajstić information content (AvgIpc) is 3.25. The van der Waals surface area contributed by atoms with Gasteiger partial charge in [0.25, 0.3) is 0 Å². The number of hydrogen-bond acceptors (Lipinski definition) is 6. The number of amides is 1. The third kappa shape index (κ3) is 5.20. The topological polar surface area (TPSA) is 96.0 Å². The van der Waals surface area contributed by atoms with Gasteiger partial charge in [-0.2, -0.15) is 0 Å². The number of aromatic amines is 1. The Balaban J connectivity index is 1.58. The lowest BCUT2D eigenvalue weighted by Gasteiger charge is -2.25. The first kappa shape index (κ1) is 20.5. The Hall–Kier alpha value is -2.20. The van der Waals surface area contributed by atoms with Gasteiger partial charge in [-0.05, 0) is 37.1 Å². The van der Waals surface area contributed by atoms with Crippen LogP contribution in [-0.2, 0) is 14.6 Å². The second-order valence-corrected chi connectivity index (χ2v) is 10.2. The van der Waals surface area contributed by atoms with Crippen LogP contribution in [0.15, 0.2) is 29.4 Å². The van der Waals surface area contributed by atoms with E-state index in [9.17, 15) is 17.6 Å². The van der Waals surface area contributed by atoms with Gasteiger partial charge in [0, 0.05) is 13.1 Å². The summed E-state index contributed by atoms with van der Waals surface area (Å²) in [6, 6.07) is 5.78. The predicted octanol–water partition coefficient (Wildman–Crippen LogP) is 2.24. The zero-order valence-electron chi connectivity index (χ0n) is 15.5. The molecule has 1 saturated heterocycles. The van der Waals surface area contributed by atoms with Gasteiger partial charge in [-0.3, -0.25) is 9.89 Å². The van der Waals surface area contributed by atoms with Gasteiger partial charge in [0.05, 0.1) is 16.8 Å². The molecule has 0 aliphatic carbocycles. The number of hydrogen-bond donors (Lipinski definition) is 1. The van der Waals surface area contributed by atoms with E-state index in [0.29, 0.717) is 17.4 Å². The first-order valence-electron chi connectivity index (χ1n) is 8.73. The van der Waals surface area contributed by atoms with Crippen LogP contribution in [0, 0.1) is 5.82 Å². The van der Waals surface area contributed by atoms with Crippen LogP contribution in [0.2, 0.25) is 0 Å². The summed E-state index contributed by atoms with van der Waals surface area (Å²) in [4.78, 5) is 18.4. The van der Waals surface area contributed by atoms with Crippen LogP contribution >= 0.6 is 11.8 Å². The molecule has 7 nitrogen and oxygen atoms in total. The van der Waals surface area contributed by atoms with E-state index in [1.807, 2.05) is 0 Å². The van der Waals surface area contributed by atoms with E-state index in [-0.39, 0.29) is 29.3 Å². The molecule has 2 atom stereocenters. The summed E-state index contributed by atoms with van der Waals surface area (Å²) in [6.45, 7) is 1.75. The highest BCUT2D eigenvalue weighted by Crippen LogP contribution is 2.24. The van der Waals surface area contributed by atoms with Crippen molar-refractivity contribution in [2.75, 3.05) is 18.6 Å². The normalized spacial score (nSPS) is 19.8. The van der Waals surface area contributed by atoms with Crippen molar-refractivity contribution < 1.29 is 17.6 Å². The molecular weight excluding hydrogens is 403 g/mol. The van der Waals surface area contributed by atoms with Gasteiger partial charge in [0.1, 0.15) is 11.6 Å². The Morgan fingerprint density at radius 1 is 1.36 bits per heavy atom. The fourth-order valence-corrected chi connectivity index (χ4v) is 5.50. The molecule has 150 valence electrons. The molecule has 10 heteroatoms. The van der Waals surface area contributed by atoms with Crippen LogP contribution in [0.25, 0.3) is 12.2 Å². The molecule has 0 saturated carbocycles. The highest BCUT2D eigenvalue weighted by Gasteiger charge is 2.34. The van der Waals surface area contributed by atoms with Gasteiger partial charge in [-0.1, -0.05) is 30.0 Å². The molecule has 1 amide bonds. The number of halogens is 1. The van der Waals surface area contributed by atoms with Crippen molar-refractivity contribution in [3.05, 3.63) is 41.5 Å². The van der Waals surface area contributed by atoms with Crippen molar-refractivity contribution in [3.8, 4) is 0 Å². The van der Waals surface area contributed by atoms with E-state index < -0.39 is 15.1 Å². The molecule has 28 heavy (non-hydrogen) atoms. The monoisotopic (exact) mass is 424 g/mol. The quantitative estimate of drug-likeness (QED) is 0.715. The summed E-state index contributed by atoms with van der Waals surface area (Å²) in [5, 5.41) is 6.85. The van der Waals surface area contributed by atoms with Crippen molar-refractivity contribution in [3.63, 3.8) is 0 Å². The summed E-state index contributed by atoms with van der Waals surface area (Å²) >= 11 is 1.21. The number of rotatable bonds is 6. The highest BCUT2D eigenvalue weighted by atomic mass is 32.2. The molecule has 2 aromatic rings. The van der Waals surface area contributed by atoms with Gasteiger partial charge in [0.15, 0.2) is 9.84 Å². The molecule has 3 rings (SSSR count). The minimum absolute atomic E-state index is 0.0195. The lowest BCUT2D eigenvalue weighted by Crippen LogP contribution is -2.41. The number of sulfone groups is 1. The van der Waals surface area contributed by atoms with Crippen LogP contribution in [0.4, 0.5) is 4.39 Å². The maximum absolute atomic E-state index is 12.9. The molecule has 1 fully saturated rings. The standard InChI is InChI=1S/C18H21FN4O3S2/c1-12(17(24)23(2)15-9-10-28(25,26)11-15)27-18-20-16(21-22-18)8-5-13-3-6-14(19)7-4-13/h3-8,12,15H,9-11H2,1-2H3,(H,20,21,22)/b8-5+. The first-order chi connectivity index (χ1) is 13.2. The second-order valence-electron chi connectivity index (χ2n) is 6.65. The Morgan fingerprint density at radius 3 is 2.71 bits per heavy atom. The SMILES string of the molecule is CC(Sc1n[nH]c(/C=C/c2ccc(F)cc2)n1)C(=O)N(C)C1CCS(=O)(=O)C1. The summed E-state index contributed by atoms with van der Waals surface area (Å²) in [6.07, 6.45) is 3.96. The molecule has 0 spiro atoms. The van der Waals surface area contributed by atoms with Crippen molar-refractivity contribution in [1.82, 2.24) is 20.1 Å².